The van der Waals surface area contributed by atoms with Crippen LogP contribution >= 0.6 is 0 Å². The Kier molecular flexibility index (Phi) is 2.28. The van der Waals surface area contributed by atoms with E-state index in [1.807, 2.05) is 25.1 Å². The first-order chi connectivity index (χ1) is 7.11. The van der Waals surface area contributed by atoms with Crippen molar-refractivity contribution in [2.75, 3.05) is 25.7 Å². The van der Waals surface area contributed by atoms with Crippen molar-refractivity contribution in [2.45, 2.75) is 0 Å². The molecule has 0 fully saturated rings. The molecule has 0 saturated heterocycles. The molecule has 0 aliphatic carbocycles. The molecule has 1 heterocycles. The summed E-state index contributed by atoms with van der Waals surface area (Å²) in [7, 11) is 3.72. The molecule has 1 aliphatic rings. The Hall–Kier alpha value is -1.68. The largest absolute Gasteiger partial charge is 0.300 e. The van der Waals surface area contributed by atoms with Crippen molar-refractivity contribution in [3.8, 4) is 0 Å². The molecular weight excluding hydrogens is 192 g/mol. The van der Waals surface area contributed by atoms with Crippen molar-refractivity contribution < 1.29 is 9.59 Å². The molecule has 1 aromatic carbocycles. The molecule has 1 amide bonds. The lowest BCUT2D eigenvalue weighted by atomic mass is 10.1. The Morgan fingerprint density at radius 1 is 1.20 bits per heavy atom. The highest BCUT2D eigenvalue weighted by molar-refractivity contribution is 6.52. The van der Waals surface area contributed by atoms with Crippen LogP contribution in [0, 0.1) is 0 Å². The number of ketones is 1. The predicted octanol–water partition coefficient (Wildman–Crippen LogP) is 0.735. The lowest BCUT2D eigenvalue weighted by Gasteiger charge is -2.20. The fourth-order valence-electron chi connectivity index (χ4n) is 1.67. The number of carbonyl (C=O) groups excluding carboxylic acids is 2. The second-order valence-electron chi connectivity index (χ2n) is 3.80. The maximum atomic E-state index is 11.6. The number of Topliss-reactive ketones (excluding diaryl/α,β-unsaturated/α-hetero) is 1. The van der Waals surface area contributed by atoms with Gasteiger partial charge >= 0.3 is 5.91 Å². The van der Waals surface area contributed by atoms with E-state index >= 15 is 0 Å². The Morgan fingerprint density at radius 2 is 1.87 bits per heavy atom. The zero-order valence-electron chi connectivity index (χ0n) is 8.73. The third kappa shape index (κ3) is 1.53. The zero-order valence-corrected chi connectivity index (χ0v) is 8.73. The van der Waals surface area contributed by atoms with Crippen LogP contribution in [0.2, 0.25) is 0 Å². The SMILES string of the molecule is CN(C)CN1C(=O)C(=O)c2ccccc21. The van der Waals surface area contributed by atoms with Gasteiger partial charge in [0.05, 0.1) is 17.9 Å². The summed E-state index contributed by atoms with van der Waals surface area (Å²) < 4.78 is 0. The number of amides is 1. The number of hydrogen-bond acceptors (Lipinski definition) is 3. The number of rotatable bonds is 2. The first kappa shape index (κ1) is 9.86. The molecule has 78 valence electrons. The van der Waals surface area contributed by atoms with Gasteiger partial charge in [0.2, 0.25) is 0 Å². The summed E-state index contributed by atoms with van der Waals surface area (Å²) in [6, 6.07) is 7.07. The van der Waals surface area contributed by atoms with Crippen LogP contribution in [0.4, 0.5) is 5.69 Å². The highest BCUT2D eigenvalue weighted by Gasteiger charge is 2.35. The van der Waals surface area contributed by atoms with Crippen LogP contribution in [0.5, 0.6) is 0 Å². The summed E-state index contributed by atoms with van der Waals surface area (Å²) >= 11 is 0. The van der Waals surface area contributed by atoms with Crippen LogP contribution in [0.15, 0.2) is 24.3 Å². The fourth-order valence-corrected chi connectivity index (χ4v) is 1.67. The predicted molar refractivity (Wildman–Crippen MR) is 56.8 cm³/mol. The first-order valence-corrected chi connectivity index (χ1v) is 4.71. The highest BCUT2D eigenvalue weighted by atomic mass is 16.2. The van der Waals surface area contributed by atoms with Crippen molar-refractivity contribution >= 4 is 17.4 Å². The number of anilines is 1. The molecule has 0 atom stereocenters. The third-order valence-electron chi connectivity index (χ3n) is 2.30. The van der Waals surface area contributed by atoms with Gasteiger partial charge in [0, 0.05) is 0 Å². The highest BCUT2D eigenvalue weighted by Crippen LogP contribution is 2.27. The molecule has 0 radical (unpaired) electrons. The van der Waals surface area contributed by atoms with E-state index in [1.54, 1.807) is 18.2 Å². The van der Waals surface area contributed by atoms with Gasteiger partial charge < -0.3 is 0 Å². The summed E-state index contributed by atoms with van der Waals surface area (Å²) in [6.45, 7) is 0.432. The Balaban J connectivity index is 2.42. The van der Waals surface area contributed by atoms with E-state index in [4.69, 9.17) is 0 Å². The van der Waals surface area contributed by atoms with E-state index in [1.165, 1.54) is 4.90 Å². The lowest BCUT2D eigenvalue weighted by Crippen LogP contribution is -2.37. The van der Waals surface area contributed by atoms with E-state index < -0.39 is 11.7 Å². The van der Waals surface area contributed by atoms with E-state index in [2.05, 4.69) is 0 Å². The number of para-hydroxylation sites is 1. The first-order valence-electron chi connectivity index (χ1n) is 4.71. The summed E-state index contributed by atoms with van der Waals surface area (Å²) in [5.41, 5.74) is 1.21. The van der Waals surface area contributed by atoms with Crippen molar-refractivity contribution in [2.24, 2.45) is 0 Å². The zero-order chi connectivity index (χ0) is 11.0. The van der Waals surface area contributed by atoms with Crippen LogP contribution in [0.1, 0.15) is 10.4 Å². The van der Waals surface area contributed by atoms with Crippen LogP contribution < -0.4 is 4.90 Å². The molecule has 4 nitrogen and oxygen atoms in total. The molecule has 0 aromatic heterocycles. The maximum Gasteiger partial charge on any atom is 0.300 e. The number of benzene rings is 1. The van der Waals surface area contributed by atoms with Crippen molar-refractivity contribution in [3.05, 3.63) is 29.8 Å². The van der Waals surface area contributed by atoms with E-state index in [0.29, 0.717) is 17.9 Å². The van der Waals surface area contributed by atoms with Crippen LogP contribution in [-0.2, 0) is 4.79 Å². The molecular formula is C11H12N2O2. The third-order valence-corrected chi connectivity index (χ3v) is 2.30. The van der Waals surface area contributed by atoms with Crippen molar-refractivity contribution in [1.82, 2.24) is 4.90 Å². The Bertz CT molecular complexity index is 426. The minimum Gasteiger partial charge on any atom is -0.292 e. The summed E-state index contributed by atoms with van der Waals surface area (Å²) in [5, 5.41) is 0. The number of hydrogen-bond donors (Lipinski definition) is 0. The molecule has 0 spiro atoms. The minimum absolute atomic E-state index is 0.410. The van der Waals surface area contributed by atoms with Gasteiger partial charge in [-0.3, -0.25) is 19.4 Å². The van der Waals surface area contributed by atoms with E-state index in [9.17, 15) is 9.59 Å². The average Bonchev–Trinajstić information content (AvgIpc) is 2.44. The lowest BCUT2D eigenvalue weighted by molar-refractivity contribution is -0.114. The normalized spacial score (nSPS) is 15.0. The van der Waals surface area contributed by atoms with E-state index in [-0.39, 0.29) is 0 Å². The van der Waals surface area contributed by atoms with Gasteiger partial charge in [-0.05, 0) is 26.2 Å². The van der Waals surface area contributed by atoms with Crippen LogP contribution in [0.25, 0.3) is 0 Å². The smallest absolute Gasteiger partial charge is 0.292 e. The van der Waals surface area contributed by atoms with E-state index in [0.717, 1.165) is 0 Å². The van der Waals surface area contributed by atoms with Gasteiger partial charge in [-0.2, -0.15) is 0 Å². The molecule has 15 heavy (non-hydrogen) atoms. The van der Waals surface area contributed by atoms with Gasteiger partial charge in [-0.1, -0.05) is 12.1 Å². The minimum atomic E-state index is -0.440. The number of nitrogens with zero attached hydrogens (tertiary/aromatic N) is 2. The molecule has 0 N–H and O–H groups in total. The fraction of sp³-hybridized carbons (Fsp3) is 0.273. The molecule has 2 rings (SSSR count). The number of fused-ring (bicyclic) bond motifs is 1. The molecule has 4 heteroatoms. The Morgan fingerprint density at radius 3 is 2.53 bits per heavy atom. The molecule has 0 saturated carbocycles. The average molecular weight is 204 g/mol. The summed E-state index contributed by atoms with van der Waals surface area (Å²) in [6.07, 6.45) is 0. The second-order valence-corrected chi connectivity index (χ2v) is 3.80. The molecule has 1 aliphatic heterocycles. The van der Waals surface area contributed by atoms with Crippen LogP contribution in [-0.4, -0.2) is 37.4 Å². The topological polar surface area (TPSA) is 40.6 Å². The van der Waals surface area contributed by atoms with Gasteiger partial charge in [-0.25, -0.2) is 0 Å². The summed E-state index contributed by atoms with van der Waals surface area (Å²) in [5.74, 6) is -0.850. The van der Waals surface area contributed by atoms with Crippen LogP contribution in [0.3, 0.4) is 0 Å². The monoisotopic (exact) mass is 204 g/mol. The molecule has 0 unspecified atom stereocenters. The van der Waals surface area contributed by atoms with Crippen molar-refractivity contribution in [1.29, 1.82) is 0 Å². The standard InChI is InChI=1S/C11H12N2O2/c1-12(2)7-13-9-6-4-3-5-8(9)10(14)11(13)15/h3-6H,7H2,1-2H3. The molecule has 1 aromatic rings. The maximum absolute atomic E-state index is 11.6. The van der Waals surface area contributed by atoms with Gasteiger partial charge in [-0.15, -0.1) is 0 Å². The second kappa shape index (κ2) is 3.47. The van der Waals surface area contributed by atoms with Gasteiger partial charge in [0.25, 0.3) is 5.78 Å². The van der Waals surface area contributed by atoms with Gasteiger partial charge in [0.15, 0.2) is 0 Å². The van der Waals surface area contributed by atoms with Crippen molar-refractivity contribution in [3.63, 3.8) is 0 Å². The summed E-state index contributed by atoms with van der Waals surface area (Å²) in [4.78, 5) is 26.6. The Labute approximate surface area is 88.1 Å². The quantitative estimate of drug-likeness (QED) is 0.667. The molecule has 0 bridgehead atoms. The van der Waals surface area contributed by atoms with Gasteiger partial charge in [0.1, 0.15) is 0 Å². The number of carbonyl (C=O) groups is 2.